The molecule has 0 aliphatic carbocycles. The fourth-order valence-electron chi connectivity index (χ4n) is 6.14. The largest absolute Gasteiger partial charge is 0.396 e. The van der Waals surface area contributed by atoms with Crippen LogP contribution in [0.3, 0.4) is 0 Å². The van der Waals surface area contributed by atoms with Crippen LogP contribution in [0.4, 0.5) is 13.2 Å². The van der Waals surface area contributed by atoms with Crippen LogP contribution in [0.25, 0.3) is 16.7 Å². The number of aliphatic hydroxyl groups is 1. The van der Waals surface area contributed by atoms with Crippen LogP contribution >= 0.6 is 11.6 Å². The summed E-state index contributed by atoms with van der Waals surface area (Å²) in [5.74, 6) is -2.54. The average molecular weight is 644 g/mol. The second-order valence-corrected chi connectivity index (χ2v) is 12.1. The average Bonchev–Trinajstić information content (AvgIpc) is 3.38. The standard InChI is InChI=1S/C32H33ClF3N5O4/c33-27-16-24-29(41(27)23-8-6-22(7-9-23)26-18-45-15-12-37-26)38-20-40(30(24)43)19-31(44)10-13-39(14-11-31)28(42)17-25(32(34,35)36)21-4-2-1-3-5-21/h1-9,16,20,25-26,37,44H,10-15,17-19H2/t25-,26-/m1/s1. The van der Waals surface area contributed by atoms with Crippen molar-refractivity contribution in [2.75, 3.05) is 32.8 Å². The molecule has 0 unspecified atom stereocenters. The number of fused-ring (bicyclic) bond motifs is 1. The molecule has 9 nitrogen and oxygen atoms in total. The Bertz CT molecular complexity index is 1710. The zero-order valence-electron chi connectivity index (χ0n) is 24.3. The van der Waals surface area contributed by atoms with E-state index in [2.05, 4.69) is 10.3 Å². The number of likely N-dealkylation sites (tertiary alicyclic amines) is 1. The van der Waals surface area contributed by atoms with Gasteiger partial charge >= 0.3 is 6.18 Å². The van der Waals surface area contributed by atoms with Crippen molar-refractivity contribution in [2.24, 2.45) is 0 Å². The SMILES string of the molecule is O=C(C[C@H](c1ccccc1)C(F)(F)F)N1CCC(O)(Cn2cnc3c(cc(Cl)n3-c3ccc([C@H]4COCCN4)cc3)c2=O)CC1. The van der Waals surface area contributed by atoms with E-state index >= 15 is 0 Å². The predicted octanol–water partition coefficient (Wildman–Crippen LogP) is 4.59. The molecule has 1 amide bonds. The quantitative estimate of drug-likeness (QED) is 0.306. The molecule has 2 aliphatic heterocycles. The minimum absolute atomic E-state index is 0.0342. The smallest absolute Gasteiger partial charge is 0.388 e. The normalized spacial score (nSPS) is 19.5. The molecule has 4 aromatic rings. The van der Waals surface area contributed by atoms with Gasteiger partial charge in [0.1, 0.15) is 11.5 Å². The van der Waals surface area contributed by atoms with E-state index in [9.17, 15) is 27.9 Å². The van der Waals surface area contributed by atoms with Gasteiger partial charge in [-0.15, -0.1) is 0 Å². The number of halogens is 4. The molecule has 2 saturated heterocycles. The predicted molar refractivity (Wildman–Crippen MR) is 163 cm³/mol. The first-order chi connectivity index (χ1) is 21.5. The Labute approximate surface area is 262 Å². The molecule has 2 aromatic carbocycles. The molecule has 238 valence electrons. The Morgan fingerprint density at radius 2 is 1.84 bits per heavy atom. The Kier molecular flexibility index (Phi) is 8.75. The van der Waals surface area contributed by atoms with Crippen molar-refractivity contribution in [3.05, 3.63) is 93.6 Å². The number of hydrogen-bond donors (Lipinski definition) is 2. The second kappa shape index (κ2) is 12.6. The summed E-state index contributed by atoms with van der Waals surface area (Å²) in [4.78, 5) is 32.2. The van der Waals surface area contributed by atoms with E-state index in [4.69, 9.17) is 16.3 Å². The van der Waals surface area contributed by atoms with Gasteiger partial charge < -0.3 is 20.1 Å². The number of ether oxygens (including phenoxy) is 1. The lowest BCUT2D eigenvalue weighted by molar-refractivity contribution is -0.162. The van der Waals surface area contributed by atoms with Crippen molar-refractivity contribution < 1.29 is 27.8 Å². The maximum atomic E-state index is 13.8. The Morgan fingerprint density at radius 3 is 2.49 bits per heavy atom. The third-order valence-electron chi connectivity index (χ3n) is 8.70. The highest BCUT2D eigenvalue weighted by molar-refractivity contribution is 6.31. The van der Waals surface area contributed by atoms with Crippen molar-refractivity contribution >= 4 is 28.5 Å². The molecule has 2 aliphatic rings. The summed E-state index contributed by atoms with van der Waals surface area (Å²) in [5, 5.41) is 15.3. The molecule has 2 N–H and O–H groups in total. The Morgan fingerprint density at radius 1 is 1.13 bits per heavy atom. The highest BCUT2D eigenvalue weighted by atomic mass is 35.5. The number of carbonyl (C=O) groups excluding carboxylic acids is 1. The minimum Gasteiger partial charge on any atom is -0.388 e. The van der Waals surface area contributed by atoms with Gasteiger partial charge in [-0.1, -0.05) is 54.1 Å². The molecule has 4 heterocycles. The van der Waals surface area contributed by atoms with Gasteiger partial charge in [-0.05, 0) is 42.2 Å². The molecule has 2 fully saturated rings. The summed E-state index contributed by atoms with van der Waals surface area (Å²) >= 11 is 6.57. The van der Waals surface area contributed by atoms with Crippen molar-refractivity contribution in [1.29, 1.82) is 0 Å². The fraction of sp³-hybridized carbons (Fsp3) is 0.406. The second-order valence-electron chi connectivity index (χ2n) is 11.7. The van der Waals surface area contributed by atoms with Crippen molar-refractivity contribution in [2.45, 2.75) is 49.5 Å². The fourth-order valence-corrected chi connectivity index (χ4v) is 6.43. The molecule has 0 saturated carbocycles. The molecule has 0 radical (unpaired) electrons. The number of rotatable bonds is 7. The molecular weight excluding hydrogens is 611 g/mol. The lowest BCUT2D eigenvalue weighted by Crippen LogP contribution is -2.50. The van der Waals surface area contributed by atoms with Crippen LogP contribution in [-0.4, -0.2) is 74.7 Å². The number of piperidine rings is 1. The highest BCUT2D eigenvalue weighted by Gasteiger charge is 2.43. The van der Waals surface area contributed by atoms with Crippen LogP contribution in [0.2, 0.25) is 5.15 Å². The number of hydrogen-bond acceptors (Lipinski definition) is 6. The molecule has 13 heteroatoms. The zero-order chi connectivity index (χ0) is 31.8. The highest BCUT2D eigenvalue weighted by Crippen LogP contribution is 2.38. The van der Waals surface area contributed by atoms with Crippen molar-refractivity contribution in [3.8, 4) is 5.69 Å². The number of carbonyl (C=O) groups is 1. The van der Waals surface area contributed by atoms with Gasteiger partial charge in [-0.2, -0.15) is 13.2 Å². The number of nitrogens with one attached hydrogen (secondary N) is 1. The van der Waals surface area contributed by atoms with Crippen LogP contribution in [0, 0.1) is 0 Å². The number of alkyl halides is 3. The van der Waals surface area contributed by atoms with Crippen molar-refractivity contribution in [3.63, 3.8) is 0 Å². The Balaban J connectivity index is 1.14. The lowest BCUT2D eigenvalue weighted by Gasteiger charge is -2.39. The number of morpholine rings is 1. The third kappa shape index (κ3) is 6.64. The first-order valence-corrected chi connectivity index (χ1v) is 15.2. The molecular formula is C32H33ClF3N5O4. The van der Waals surface area contributed by atoms with Gasteiger partial charge in [-0.25, -0.2) is 4.98 Å². The van der Waals surface area contributed by atoms with Gasteiger partial charge in [0.25, 0.3) is 5.56 Å². The van der Waals surface area contributed by atoms with E-state index in [0.717, 1.165) is 17.8 Å². The summed E-state index contributed by atoms with van der Waals surface area (Å²) < 4.78 is 49.9. The Hall–Kier alpha value is -3.71. The van der Waals surface area contributed by atoms with Gasteiger partial charge in [0.15, 0.2) is 5.65 Å². The third-order valence-corrected chi connectivity index (χ3v) is 8.98. The van der Waals surface area contributed by atoms with E-state index in [-0.39, 0.29) is 55.0 Å². The van der Waals surface area contributed by atoms with E-state index < -0.39 is 30.0 Å². The van der Waals surface area contributed by atoms with Crippen molar-refractivity contribution in [1.82, 2.24) is 24.3 Å². The number of aromatic nitrogens is 3. The van der Waals surface area contributed by atoms with Crippen LogP contribution in [0.5, 0.6) is 0 Å². The molecule has 2 atom stereocenters. The lowest BCUT2D eigenvalue weighted by atomic mass is 9.89. The number of benzene rings is 2. The molecule has 0 bridgehead atoms. The number of amides is 1. The zero-order valence-corrected chi connectivity index (χ0v) is 25.1. The maximum absolute atomic E-state index is 13.8. The van der Waals surface area contributed by atoms with Crippen LogP contribution in [0.15, 0.2) is 71.8 Å². The summed E-state index contributed by atoms with van der Waals surface area (Å²) in [6, 6.07) is 16.8. The number of nitrogens with zero attached hydrogens (tertiary/aromatic N) is 4. The summed E-state index contributed by atoms with van der Waals surface area (Å²) in [5.41, 5.74) is 0.473. The molecule has 2 aromatic heterocycles. The monoisotopic (exact) mass is 643 g/mol. The van der Waals surface area contributed by atoms with Gasteiger partial charge in [0, 0.05) is 31.7 Å². The van der Waals surface area contributed by atoms with E-state index in [0.29, 0.717) is 24.0 Å². The molecule has 45 heavy (non-hydrogen) atoms. The first kappa shape index (κ1) is 31.3. The summed E-state index contributed by atoms with van der Waals surface area (Å²) in [6.45, 7) is 2.10. The van der Waals surface area contributed by atoms with E-state index in [1.165, 1.54) is 40.1 Å². The summed E-state index contributed by atoms with van der Waals surface area (Å²) in [7, 11) is 0. The van der Waals surface area contributed by atoms with Crippen LogP contribution in [0.1, 0.15) is 42.3 Å². The molecule has 0 spiro atoms. The van der Waals surface area contributed by atoms with Gasteiger partial charge in [-0.3, -0.25) is 18.7 Å². The maximum Gasteiger partial charge on any atom is 0.396 e. The van der Waals surface area contributed by atoms with E-state index in [1.54, 1.807) is 16.7 Å². The van der Waals surface area contributed by atoms with Gasteiger partial charge in [0.05, 0.1) is 42.7 Å². The van der Waals surface area contributed by atoms with Crippen LogP contribution in [-0.2, 0) is 16.1 Å². The molecule has 6 rings (SSSR count). The van der Waals surface area contributed by atoms with E-state index in [1.807, 2.05) is 24.3 Å². The summed E-state index contributed by atoms with van der Waals surface area (Å²) in [6.07, 6.45) is -3.73. The minimum atomic E-state index is -4.58. The van der Waals surface area contributed by atoms with Crippen LogP contribution < -0.4 is 10.9 Å². The topological polar surface area (TPSA) is 102 Å². The first-order valence-electron chi connectivity index (χ1n) is 14.8. The van der Waals surface area contributed by atoms with Gasteiger partial charge in [0.2, 0.25) is 5.91 Å².